The number of nitrogens with zero attached hydrogens (tertiary/aromatic N) is 1. The molecule has 0 spiro atoms. The van der Waals surface area contributed by atoms with E-state index >= 15 is 0 Å². The number of aliphatic hydroxyl groups excluding tert-OH is 1. The quantitative estimate of drug-likeness (QED) is 0.722. The first-order chi connectivity index (χ1) is 6.53. The van der Waals surface area contributed by atoms with Crippen LogP contribution in [0.3, 0.4) is 0 Å². The van der Waals surface area contributed by atoms with Crippen LogP contribution >= 0.6 is 9.39 Å². The maximum Gasteiger partial charge on any atom is 0.138 e. The Morgan fingerprint density at radius 1 is 1.57 bits per heavy atom. The second kappa shape index (κ2) is 4.69. The summed E-state index contributed by atoms with van der Waals surface area (Å²) in [5, 5.41) is 9.94. The Morgan fingerprint density at radius 3 is 2.43 bits per heavy atom. The van der Waals surface area contributed by atoms with Crippen LogP contribution in [0.25, 0.3) is 0 Å². The first kappa shape index (κ1) is 12.1. The first-order valence-electron chi connectivity index (χ1n) is 5.21. The Hall–Kier alpha value is 0.0200. The molecule has 2 atom stereocenters. The monoisotopic (exact) mass is 217 g/mol. The van der Waals surface area contributed by atoms with Crippen LogP contribution in [0.5, 0.6) is 0 Å². The number of hydrogen-bond donors (Lipinski definition) is 1. The van der Waals surface area contributed by atoms with Crippen LogP contribution in [0, 0.1) is 5.41 Å². The summed E-state index contributed by atoms with van der Waals surface area (Å²) in [5.74, 6) is 0.143. The largest absolute Gasteiger partial charge is 0.392 e. The van der Waals surface area contributed by atoms with Crippen molar-refractivity contribution >= 4 is 15.2 Å². The van der Waals surface area contributed by atoms with Gasteiger partial charge >= 0.3 is 0 Å². The molecule has 4 heteroatoms. The smallest absolute Gasteiger partial charge is 0.138 e. The molecule has 0 radical (unpaired) electrons. The van der Waals surface area contributed by atoms with E-state index < -0.39 is 11.5 Å². The SMILES string of the molecule is CCC(O)C1(C(C)=O)CCN(P)CC1. The molecular formula is C10H20NO2P. The van der Waals surface area contributed by atoms with Gasteiger partial charge in [0.1, 0.15) is 5.78 Å². The number of aliphatic hydroxyl groups is 1. The highest BCUT2D eigenvalue weighted by Crippen LogP contribution is 2.38. The van der Waals surface area contributed by atoms with E-state index in [4.69, 9.17) is 0 Å². The second-order valence-corrected chi connectivity index (χ2v) is 4.90. The van der Waals surface area contributed by atoms with E-state index in [9.17, 15) is 9.90 Å². The molecule has 82 valence electrons. The van der Waals surface area contributed by atoms with Crippen LogP contribution in [-0.4, -0.2) is 34.8 Å². The van der Waals surface area contributed by atoms with Crippen LogP contribution in [-0.2, 0) is 4.79 Å². The molecule has 1 aliphatic heterocycles. The Labute approximate surface area is 88.1 Å². The highest BCUT2D eigenvalue weighted by molar-refractivity contribution is 7.13. The van der Waals surface area contributed by atoms with Crippen LogP contribution < -0.4 is 0 Å². The van der Waals surface area contributed by atoms with E-state index in [0.29, 0.717) is 6.42 Å². The lowest BCUT2D eigenvalue weighted by molar-refractivity contribution is -0.137. The van der Waals surface area contributed by atoms with E-state index in [1.807, 2.05) is 6.92 Å². The summed E-state index contributed by atoms with van der Waals surface area (Å²) < 4.78 is 2.13. The topological polar surface area (TPSA) is 40.5 Å². The molecule has 3 nitrogen and oxygen atoms in total. The number of carbonyl (C=O) groups excluding carboxylic acids is 1. The fourth-order valence-electron chi connectivity index (χ4n) is 2.23. The van der Waals surface area contributed by atoms with Crippen LogP contribution in [0.15, 0.2) is 0 Å². The van der Waals surface area contributed by atoms with Crippen molar-refractivity contribution in [3.63, 3.8) is 0 Å². The number of rotatable bonds is 3. The lowest BCUT2D eigenvalue weighted by Crippen LogP contribution is -2.47. The Morgan fingerprint density at radius 2 is 2.07 bits per heavy atom. The van der Waals surface area contributed by atoms with Crippen molar-refractivity contribution in [2.45, 2.75) is 39.2 Å². The minimum Gasteiger partial charge on any atom is -0.392 e. The average Bonchev–Trinajstić information content (AvgIpc) is 2.18. The number of Topliss-reactive ketones (excluding diaryl/α,β-unsaturated/α-hetero) is 1. The van der Waals surface area contributed by atoms with Crippen molar-refractivity contribution < 1.29 is 9.90 Å². The summed E-state index contributed by atoms with van der Waals surface area (Å²) in [7, 11) is 2.65. The summed E-state index contributed by atoms with van der Waals surface area (Å²) in [6, 6.07) is 0. The molecule has 0 bridgehead atoms. The van der Waals surface area contributed by atoms with Gasteiger partial charge in [0.05, 0.1) is 11.5 Å². The normalized spacial score (nSPS) is 24.6. The third-order valence-corrected chi connectivity index (χ3v) is 3.93. The minimum absolute atomic E-state index is 0.143. The molecule has 14 heavy (non-hydrogen) atoms. The fraction of sp³-hybridized carbons (Fsp3) is 0.900. The third kappa shape index (κ3) is 2.16. The van der Waals surface area contributed by atoms with Gasteiger partial charge in [0, 0.05) is 13.1 Å². The number of carbonyl (C=O) groups is 1. The van der Waals surface area contributed by atoms with E-state index in [1.54, 1.807) is 6.92 Å². The van der Waals surface area contributed by atoms with Crippen molar-refractivity contribution in [1.29, 1.82) is 0 Å². The molecule has 1 saturated heterocycles. The molecule has 0 aromatic carbocycles. The van der Waals surface area contributed by atoms with Gasteiger partial charge in [-0.05, 0) is 26.2 Å². The Balaban J connectivity index is 2.78. The molecule has 0 amide bonds. The van der Waals surface area contributed by atoms with Crippen molar-refractivity contribution in [3.05, 3.63) is 0 Å². The van der Waals surface area contributed by atoms with Gasteiger partial charge in [0.25, 0.3) is 0 Å². The Bertz CT molecular complexity index is 212. The van der Waals surface area contributed by atoms with Gasteiger partial charge in [0.15, 0.2) is 0 Å². The van der Waals surface area contributed by atoms with Crippen molar-refractivity contribution in [1.82, 2.24) is 4.67 Å². The van der Waals surface area contributed by atoms with Crippen LogP contribution in [0.2, 0.25) is 0 Å². The summed E-state index contributed by atoms with van der Waals surface area (Å²) in [6.45, 7) is 5.29. The van der Waals surface area contributed by atoms with Gasteiger partial charge in [-0.2, -0.15) is 0 Å². The van der Waals surface area contributed by atoms with Gasteiger partial charge < -0.3 is 5.11 Å². The molecule has 1 N–H and O–H groups in total. The van der Waals surface area contributed by atoms with Crippen molar-refractivity contribution in [2.24, 2.45) is 5.41 Å². The molecule has 1 fully saturated rings. The van der Waals surface area contributed by atoms with Crippen molar-refractivity contribution in [2.75, 3.05) is 13.1 Å². The van der Waals surface area contributed by atoms with Crippen LogP contribution in [0.1, 0.15) is 33.1 Å². The Kier molecular flexibility index (Phi) is 4.05. The summed E-state index contributed by atoms with van der Waals surface area (Å²) in [4.78, 5) is 11.6. The average molecular weight is 217 g/mol. The van der Waals surface area contributed by atoms with Gasteiger partial charge in [-0.25, -0.2) is 0 Å². The molecule has 0 aromatic rings. The lowest BCUT2D eigenvalue weighted by atomic mass is 9.70. The molecule has 1 aliphatic rings. The summed E-state index contributed by atoms with van der Waals surface area (Å²) >= 11 is 0. The number of ketones is 1. The highest BCUT2D eigenvalue weighted by Gasteiger charge is 2.43. The highest BCUT2D eigenvalue weighted by atomic mass is 31.0. The maximum absolute atomic E-state index is 11.6. The molecule has 0 saturated carbocycles. The third-order valence-electron chi connectivity index (χ3n) is 3.42. The van der Waals surface area contributed by atoms with Gasteiger partial charge in [-0.3, -0.25) is 9.46 Å². The molecule has 0 aliphatic carbocycles. The number of piperidine rings is 1. The van der Waals surface area contributed by atoms with Gasteiger partial charge in [0.2, 0.25) is 0 Å². The fourth-order valence-corrected chi connectivity index (χ4v) is 2.49. The lowest BCUT2D eigenvalue weighted by Gasteiger charge is -2.41. The second-order valence-electron chi connectivity index (χ2n) is 4.17. The molecule has 0 aromatic heterocycles. The van der Waals surface area contributed by atoms with E-state index in [-0.39, 0.29) is 5.78 Å². The standard InChI is InChI=1S/C10H20NO2P/c1-3-9(13)10(8(2)12)4-6-11(14)7-5-10/h9,13H,3-7,14H2,1-2H3. The van der Waals surface area contributed by atoms with Crippen molar-refractivity contribution in [3.8, 4) is 0 Å². The van der Waals surface area contributed by atoms with Crippen LogP contribution in [0.4, 0.5) is 0 Å². The molecule has 1 rings (SSSR count). The molecule has 1 heterocycles. The molecule has 2 unspecified atom stereocenters. The summed E-state index contributed by atoms with van der Waals surface area (Å²) in [6.07, 6.45) is 1.75. The van der Waals surface area contributed by atoms with Gasteiger partial charge in [-0.15, -0.1) is 0 Å². The maximum atomic E-state index is 11.6. The first-order valence-corrected chi connectivity index (χ1v) is 5.73. The minimum atomic E-state index is -0.473. The summed E-state index contributed by atoms with van der Waals surface area (Å²) in [5.41, 5.74) is -0.470. The van der Waals surface area contributed by atoms with E-state index in [0.717, 1.165) is 25.9 Å². The predicted molar refractivity (Wildman–Crippen MR) is 59.9 cm³/mol. The zero-order chi connectivity index (χ0) is 10.8. The molecular weight excluding hydrogens is 197 g/mol. The zero-order valence-electron chi connectivity index (χ0n) is 8.99. The predicted octanol–water partition coefficient (Wildman–Crippen LogP) is 1.22. The van der Waals surface area contributed by atoms with E-state index in [2.05, 4.69) is 14.1 Å². The van der Waals surface area contributed by atoms with E-state index in [1.165, 1.54) is 0 Å². The zero-order valence-corrected chi connectivity index (χ0v) is 10.1. The van der Waals surface area contributed by atoms with Gasteiger partial charge in [-0.1, -0.05) is 16.3 Å². The number of hydrogen-bond acceptors (Lipinski definition) is 3.